The molecule has 1 N–H and O–H groups in total. The zero-order valence-corrected chi connectivity index (χ0v) is 16.8. The fourth-order valence-electron chi connectivity index (χ4n) is 2.75. The molecule has 118 valence electrons. The van der Waals surface area contributed by atoms with Gasteiger partial charge in [-0.1, -0.05) is 30.3 Å². The largest absolute Gasteiger partial charge is 0.507 e. The average Bonchev–Trinajstić information content (AvgIpc) is 2.58. The first-order valence-electron chi connectivity index (χ1n) is 7.39. The van der Waals surface area contributed by atoms with Crippen LogP contribution in [0.3, 0.4) is 0 Å². The molecule has 4 aromatic carbocycles. The standard InChI is InChI=1S/C20H12I2O2/c21-18-11-15(10-12-3-1-2-4-16(12)18)24-14-6-7-17-13(9-14)5-8-19(23)20(17)22/h1-11,23H. The first kappa shape index (κ1) is 16.0. The first-order chi connectivity index (χ1) is 11.6. The van der Waals surface area contributed by atoms with E-state index in [9.17, 15) is 5.11 Å². The van der Waals surface area contributed by atoms with Crippen molar-refractivity contribution in [2.45, 2.75) is 0 Å². The van der Waals surface area contributed by atoms with Crippen LogP contribution in [0.5, 0.6) is 17.2 Å². The molecule has 0 aliphatic carbocycles. The van der Waals surface area contributed by atoms with E-state index in [1.165, 1.54) is 14.3 Å². The minimum absolute atomic E-state index is 0.306. The number of phenolic OH excluding ortho intramolecular Hbond substituents is 1. The Bertz CT molecular complexity index is 1070. The lowest BCUT2D eigenvalue weighted by atomic mass is 10.1. The predicted octanol–water partition coefficient (Wildman–Crippen LogP) is 6.70. The van der Waals surface area contributed by atoms with E-state index >= 15 is 0 Å². The Hall–Kier alpha value is -1.54. The van der Waals surface area contributed by atoms with Crippen LogP contribution in [0, 0.1) is 7.14 Å². The van der Waals surface area contributed by atoms with Crippen molar-refractivity contribution in [1.82, 2.24) is 0 Å². The Morgan fingerprint density at radius 1 is 0.708 bits per heavy atom. The summed E-state index contributed by atoms with van der Waals surface area (Å²) in [6.45, 7) is 0. The number of fused-ring (bicyclic) bond motifs is 2. The molecule has 0 bridgehead atoms. The number of hydrogen-bond acceptors (Lipinski definition) is 2. The molecule has 0 aliphatic heterocycles. The summed E-state index contributed by atoms with van der Waals surface area (Å²) in [5, 5.41) is 14.3. The zero-order chi connectivity index (χ0) is 16.7. The van der Waals surface area contributed by atoms with Gasteiger partial charge in [0.25, 0.3) is 0 Å². The highest BCUT2D eigenvalue weighted by Gasteiger charge is 2.07. The summed E-state index contributed by atoms with van der Waals surface area (Å²) in [5.41, 5.74) is 0. The van der Waals surface area contributed by atoms with Crippen LogP contribution in [-0.2, 0) is 0 Å². The Morgan fingerprint density at radius 2 is 1.46 bits per heavy atom. The maximum absolute atomic E-state index is 9.81. The molecule has 0 amide bonds. The summed E-state index contributed by atoms with van der Waals surface area (Å²) in [6.07, 6.45) is 0. The molecule has 0 heterocycles. The van der Waals surface area contributed by atoms with Gasteiger partial charge in [-0.15, -0.1) is 0 Å². The summed E-state index contributed by atoms with van der Waals surface area (Å²) < 4.78 is 8.10. The van der Waals surface area contributed by atoms with Crippen molar-refractivity contribution in [3.8, 4) is 17.2 Å². The number of ether oxygens (including phenoxy) is 1. The van der Waals surface area contributed by atoms with Crippen LogP contribution in [0.15, 0.2) is 66.7 Å². The minimum Gasteiger partial charge on any atom is -0.507 e. The van der Waals surface area contributed by atoms with Gasteiger partial charge in [0.05, 0.1) is 3.57 Å². The van der Waals surface area contributed by atoms with Crippen molar-refractivity contribution in [2.75, 3.05) is 0 Å². The van der Waals surface area contributed by atoms with E-state index in [1.807, 2.05) is 42.5 Å². The van der Waals surface area contributed by atoms with Crippen LogP contribution in [0.25, 0.3) is 21.5 Å². The lowest BCUT2D eigenvalue weighted by Gasteiger charge is -2.10. The van der Waals surface area contributed by atoms with Crippen LogP contribution in [0.1, 0.15) is 0 Å². The molecule has 0 spiro atoms. The Balaban J connectivity index is 1.75. The normalized spacial score (nSPS) is 11.1. The summed E-state index contributed by atoms with van der Waals surface area (Å²) >= 11 is 4.50. The molecule has 0 unspecified atom stereocenters. The highest BCUT2D eigenvalue weighted by Crippen LogP contribution is 2.34. The van der Waals surface area contributed by atoms with Gasteiger partial charge in [-0.3, -0.25) is 0 Å². The quantitative estimate of drug-likeness (QED) is 0.288. The third-order valence-corrected chi connectivity index (χ3v) is 5.95. The minimum atomic E-state index is 0.306. The van der Waals surface area contributed by atoms with E-state index in [2.05, 4.69) is 63.4 Å². The summed E-state index contributed by atoms with van der Waals surface area (Å²) in [7, 11) is 0. The van der Waals surface area contributed by atoms with Crippen molar-refractivity contribution in [3.63, 3.8) is 0 Å². The Kier molecular flexibility index (Phi) is 4.26. The van der Waals surface area contributed by atoms with E-state index < -0.39 is 0 Å². The van der Waals surface area contributed by atoms with Gasteiger partial charge >= 0.3 is 0 Å². The number of hydrogen-bond donors (Lipinski definition) is 1. The smallest absolute Gasteiger partial charge is 0.129 e. The molecule has 0 aliphatic rings. The SMILES string of the molecule is Oc1ccc2cc(Oc3cc(I)c4ccccc4c3)ccc2c1I. The maximum Gasteiger partial charge on any atom is 0.129 e. The van der Waals surface area contributed by atoms with Crippen molar-refractivity contribution < 1.29 is 9.84 Å². The molecule has 0 radical (unpaired) electrons. The van der Waals surface area contributed by atoms with E-state index in [0.717, 1.165) is 25.8 Å². The second-order valence-electron chi connectivity index (χ2n) is 5.51. The van der Waals surface area contributed by atoms with Gasteiger partial charge in [-0.05, 0) is 103 Å². The highest BCUT2D eigenvalue weighted by molar-refractivity contribution is 14.1. The summed E-state index contributed by atoms with van der Waals surface area (Å²) in [4.78, 5) is 0. The van der Waals surface area contributed by atoms with E-state index in [1.54, 1.807) is 6.07 Å². The molecule has 4 rings (SSSR count). The Labute approximate surface area is 166 Å². The number of benzene rings is 4. The second-order valence-corrected chi connectivity index (χ2v) is 7.75. The van der Waals surface area contributed by atoms with Crippen molar-refractivity contribution >= 4 is 66.7 Å². The van der Waals surface area contributed by atoms with Crippen LogP contribution >= 0.6 is 45.2 Å². The molecule has 0 saturated heterocycles. The maximum atomic E-state index is 9.81. The number of halogens is 2. The lowest BCUT2D eigenvalue weighted by molar-refractivity contribution is 0.472. The monoisotopic (exact) mass is 538 g/mol. The first-order valence-corrected chi connectivity index (χ1v) is 9.55. The fraction of sp³-hybridized carbons (Fsp3) is 0. The zero-order valence-electron chi connectivity index (χ0n) is 12.5. The van der Waals surface area contributed by atoms with Crippen molar-refractivity contribution in [1.29, 1.82) is 0 Å². The lowest BCUT2D eigenvalue weighted by Crippen LogP contribution is -1.87. The van der Waals surface area contributed by atoms with Gasteiger partial charge in [-0.2, -0.15) is 0 Å². The third kappa shape index (κ3) is 2.93. The third-order valence-electron chi connectivity index (χ3n) is 3.93. The van der Waals surface area contributed by atoms with E-state index in [-0.39, 0.29) is 0 Å². The van der Waals surface area contributed by atoms with Gasteiger partial charge in [0.2, 0.25) is 0 Å². The van der Waals surface area contributed by atoms with E-state index in [4.69, 9.17) is 4.74 Å². The van der Waals surface area contributed by atoms with Gasteiger partial charge in [0, 0.05) is 3.57 Å². The van der Waals surface area contributed by atoms with Crippen LogP contribution < -0.4 is 4.74 Å². The summed E-state index contributed by atoms with van der Waals surface area (Å²) in [5.74, 6) is 1.92. The Morgan fingerprint density at radius 3 is 2.33 bits per heavy atom. The van der Waals surface area contributed by atoms with Crippen LogP contribution in [-0.4, -0.2) is 5.11 Å². The van der Waals surface area contributed by atoms with Gasteiger partial charge in [0.1, 0.15) is 17.2 Å². The molecular formula is C20H12I2O2. The number of rotatable bonds is 2. The number of aromatic hydroxyl groups is 1. The van der Waals surface area contributed by atoms with Gasteiger partial charge in [-0.25, -0.2) is 0 Å². The second kappa shape index (κ2) is 6.40. The topological polar surface area (TPSA) is 29.5 Å². The molecule has 4 aromatic rings. The average molecular weight is 538 g/mol. The molecule has 2 nitrogen and oxygen atoms in total. The molecular weight excluding hydrogens is 526 g/mol. The molecule has 0 aromatic heterocycles. The summed E-state index contributed by atoms with van der Waals surface area (Å²) in [6, 6.07) is 21.9. The van der Waals surface area contributed by atoms with Crippen molar-refractivity contribution in [2.24, 2.45) is 0 Å². The molecule has 0 fully saturated rings. The predicted molar refractivity (Wildman–Crippen MR) is 115 cm³/mol. The van der Waals surface area contributed by atoms with Gasteiger partial charge < -0.3 is 9.84 Å². The molecule has 4 heteroatoms. The van der Waals surface area contributed by atoms with Gasteiger partial charge in [0.15, 0.2) is 0 Å². The fourth-order valence-corrected chi connectivity index (χ4v) is 4.22. The molecule has 24 heavy (non-hydrogen) atoms. The van der Waals surface area contributed by atoms with Crippen LogP contribution in [0.4, 0.5) is 0 Å². The number of phenols is 1. The van der Waals surface area contributed by atoms with Crippen molar-refractivity contribution in [3.05, 3.63) is 73.9 Å². The highest BCUT2D eigenvalue weighted by atomic mass is 127. The molecule has 0 atom stereocenters. The van der Waals surface area contributed by atoms with E-state index in [0.29, 0.717) is 5.75 Å². The molecule has 0 saturated carbocycles. The van der Waals surface area contributed by atoms with Crippen LogP contribution in [0.2, 0.25) is 0 Å².